The Kier molecular flexibility index (Phi) is 5.37. The van der Waals surface area contributed by atoms with E-state index in [2.05, 4.69) is 10.1 Å². The predicted molar refractivity (Wildman–Crippen MR) is 103 cm³/mol. The Morgan fingerprint density at radius 2 is 2.19 bits per heavy atom. The SMILES string of the molecule is CCOC(=O)c1cn(Cc2cc([N+](=O)[O-])c3ncc(Cl)cc3c2)nc1I. The molecule has 2 heterocycles. The predicted octanol–water partition coefficient (Wildman–Crippen LogP) is 3.82. The number of carbonyl (C=O) groups is 1. The van der Waals surface area contributed by atoms with Crippen LogP contribution >= 0.6 is 34.2 Å². The number of nitrogens with zero attached hydrogens (tertiary/aromatic N) is 4. The molecule has 10 heteroatoms. The van der Waals surface area contributed by atoms with Gasteiger partial charge >= 0.3 is 5.97 Å². The molecule has 26 heavy (non-hydrogen) atoms. The molecule has 0 N–H and O–H groups in total. The zero-order valence-corrected chi connectivity index (χ0v) is 16.4. The van der Waals surface area contributed by atoms with E-state index < -0.39 is 10.9 Å². The van der Waals surface area contributed by atoms with E-state index >= 15 is 0 Å². The summed E-state index contributed by atoms with van der Waals surface area (Å²) in [6, 6.07) is 4.83. The average molecular weight is 487 g/mol. The molecule has 0 spiro atoms. The first-order chi connectivity index (χ1) is 12.4. The average Bonchev–Trinajstić information content (AvgIpc) is 2.94. The number of benzene rings is 1. The number of rotatable bonds is 5. The van der Waals surface area contributed by atoms with E-state index in [0.717, 1.165) is 0 Å². The van der Waals surface area contributed by atoms with Gasteiger partial charge in [0.05, 0.1) is 23.1 Å². The van der Waals surface area contributed by atoms with Crippen molar-refractivity contribution in [3.05, 3.63) is 60.6 Å². The number of fused-ring (bicyclic) bond motifs is 1. The van der Waals surface area contributed by atoms with Crippen LogP contribution < -0.4 is 0 Å². The second kappa shape index (κ2) is 7.54. The van der Waals surface area contributed by atoms with E-state index in [1.807, 2.05) is 22.6 Å². The molecule has 2 aromatic heterocycles. The van der Waals surface area contributed by atoms with Crippen LogP contribution in [0.2, 0.25) is 5.02 Å². The van der Waals surface area contributed by atoms with E-state index in [1.54, 1.807) is 25.3 Å². The molecule has 0 aliphatic carbocycles. The number of nitro benzene ring substituents is 1. The van der Waals surface area contributed by atoms with E-state index in [4.69, 9.17) is 16.3 Å². The van der Waals surface area contributed by atoms with E-state index in [0.29, 0.717) is 25.2 Å². The fourth-order valence-electron chi connectivity index (χ4n) is 2.51. The van der Waals surface area contributed by atoms with Gasteiger partial charge in [-0.15, -0.1) is 0 Å². The van der Waals surface area contributed by atoms with Crippen LogP contribution in [0.1, 0.15) is 22.8 Å². The summed E-state index contributed by atoms with van der Waals surface area (Å²) in [5.74, 6) is -0.455. The first-order valence-electron chi connectivity index (χ1n) is 7.51. The standard InChI is InChI=1S/C16H12ClIN4O4/c1-2-26-16(23)12-8-21(20-15(12)18)7-9-3-10-5-11(17)6-19-14(10)13(4-9)22(24)25/h3-6,8H,2,7H2,1H3. The molecule has 134 valence electrons. The molecule has 0 amide bonds. The van der Waals surface area contributed by atoms with Gasteiger partial charge in [0.2, 0.25) is 0 Å². The van der Waals surface area contributed by atoms with Crippen molar-refractivity contribution in [2.45, 2.75) is 13.5 Å². The van der Waals surface area contributed by atoms with Gasteiger partial charge in [0, 0.05) is 23.8 Å². The molecule has 0 saturated carbocycles. The lowest BCUT2D eigenvalue weighted by Crippen LogP contribution is -2.05. The molecule has 0 unspecified atom stereocenters. The van der Waals surface area contributed by atoms with Gasteiger partial charge in [-0.05, 0) is 47.2 Å². The summed E-state index contributed by atoms with van der Waals surface area (Å²) in [6.45, 7) is 2.24. The molecule has 0 bridgehead atoms. The molecule has 0 fully saturated rings. The minimum Gasteiger partial charge on any atom is -0.462 e. The van der Waals surface area contributed by atoms with Gasteiger partial charge < -0.3 is 4.74 Å². The Morgan fingerprint density at radius 1 is 1.42 bits per heavy atom. The number of aromatic nitrogens is 3. The van der Waals surface area contributed by atoms with Crippen molar-refractivity contribution in [3.8, 4) is 0 Å². The van der Waals surface area contributed by atoms with Crippen molar-refractivity contribution in [1.29, 1.82) is 0 Å². The van der Waals surface area contributed by atoms with Crippen LogP contribution in [0.25, 0.3) is 10.9 Å². The molecular weight excluding hydrogens is 475 g/mol. The molecule has 8 nitrogen and oxygen atoms in total. The number of nitro groups is 1. The second-order valence-corrected chi connectivity index (χ2v) is 6.81. The third-order valence-corrected chi connectivity index (χ3v) is 4.55. The zero-order valence-electron chi connectivity index (χ0n) is 13.5. The number of hydrogen-bond acceptors (Lipinski definition) is 6. The summed E-state index contributed by atoms with van der Waals surface area (Å²) >= 11 is 7.90. The number of esters is 1. The largest absolute Gasteiger partial charge is 0.462 e. The minimum absolute atomic E-state index is 0.110. The number of halogens is 2. The van der Waals surface area contributed by atoms with E-state index in [9.17, 15) is 14.9 Å². The molecule has 0 aliphatic heterocycles. The molecular formula is C16H12ClIN4O4. The molecule has 3 rings (SSSR count). The Morgan fingerprint density at radius 3 is 2.88 bits per heavy atom. The number of carbonyl (C=O) groups excluding carboxylic acids is 1. The lowest BCUT2D eigenvalue weighted by atomic mass is 10.1. The Bertz CT molecular complexity index is 1020. The highest BCUT2D eigenvalue weighted by Gasteiger charge is 2.18. The van der Waals surface area contributed by atoms with Crippen molar-refractivity contribution in [2.24, 2.45) is 0 Å². The van der Waals surface area contributed by atoms with Gasteiger partial charge in [-0.2, -0.15) is 5.10 Å². The Labute approximate surface area is 166 Å². The summed E-state index contributed by atoms with van der Waals surface area (Å²) in [5.41, 5.74) is 1.15. The van der Waals surface area contributed by atoms with Crippen LogP contribution in [0.5, 0.6) is 0 Å². The summed E-state index contributed by atoms with van der Waals surface area (Å²) in [6.07, 6.45) is 2.93. The first kappa shape index (κ1) is 18.5. The summed E-state index contributed by atoms with van der Waals surface area (Å²) < 4.78 is 7.02. The van der Waals surface area contributed by atoms with Gasteiger partial charge in [-0.1, -0.05) is 11.6 Å². The molecule has 0 radical (unpaired) electrons. The molecule has 1 aromatic carbocycles. The fraction of sp³-hybridized carbons (Fsp3) is 0.188. The highest BCUT2D eigenvalue weighted by molar-refractivity contribution is 14.1. The second-order valence-electron chi connectivity index (χ2n) is 5.35. The lowest BCUT2D eigenvalue weighted by Gasteiger charge is -2.05. The van der Waals surface area contributed by atoms with Crippen molar-refractivity contribution in [1.82, 2.24) is 14.8 Å². The number of non-ortho nitro benzene ring substituents is 1. The molecule has 3 aromatic rings. The van der Waals surface area contributed by atoms with Gasteiger partial charge in [0.1, 0.15) is 14.8 Å². The smallest absolute Gasteiger partial charge is 0.342 e. The maximum atomic E-state index is 11.9. The fourth-order valence-corrected chi connectivity index (χ4v) is 3.31. The van der Waals surface area contributed by atoms with Gasteiger partial charge in [0.15, 0.2) is 0 Å². The number of pyridine rings is 1. The van der Waals surface area contributed by atoms with Gasteiger partial charge in [0.25, 0.3) is 5.69 Å². The summed E-state index contributed by atoms with van der Waals surface area (Å²) in [4.78, 5) is 26.8. The number of ether oxygens (including phenoxy) is 1. The highest BCUT2D eigenvalue weighted by atomic mass is 127. The van der Waals surface area contributed by atoms with Crippen LogP contribution in [-0.2, 0) is 11.3 Å². The van der Waals surface area contributed by atoms with Crippen molar-refractivity contribution < 1.29 is 14.5 Å². The first-order valence-corrected chi connectivity index (χ1v) is 8.97. The normalized spacial score (nSPS) is 10.9. The Balaban J connectivity index is 2.00. The van der Waals surface area contributed by atoms with Crippen molar-refractivity contribution in [3.63, 3.8) is 0 Å². The van der Waals surface area contributed by atoms with Gasteiger partial charge in [-0.3, -0.25) is 14.8 Å². The van der Waals surface area contributed by atoms with Crippen LogP contribution in [0.4, 0.5) is 5.69 Å². The molecule has 0 atom stereocenters. The quantitative estimate of drug-likeness (QED) is 0.235. The summed E-state index contributed by atoms with van der Waals surface area (Å²) in [7, 11) is 0. The van der Waals surface area contributed by atoms with Gasteiger partial charge in [-0.25, -0.2) is 9.78 Å². The van der Waals surface area contributed by atoms with Crippen LogP contribution in [0.3, 0.4) is 0 Å². The molecule has 0 saturated heterocycles. The minimum atomic E-state index is -0.483. The van der Waals surface area contributed by atoms with E-state index in [1.165, 1.54) is 16.9 Å². The van der Waals surface area contributed by atoms with Crippen molar-refractivity contribution >= 4 is 56.8 Å². The van der Waals surface area contributed by atoms with E-state index in [-0.39, 0.29) is 24.4 Å². The molecule has 0 aliphatic rings. The van der Waals surface area contributed by atoms with Crippen LogP contribution in [0, 0.1) is 13.8 Å². The lowest BCUT2D eigenvalue weighted by molar-refractivity contribution is -0.383. The maximum absolute atomic E-state index is 11.9. The number of hydrogen-bond donors (Lipinski definition) is 0. The third kappa shape index (κ3) is 3.78. The zero-order chi connectivity index (χ0) is 18.8. The third-order valence-electron chi connectivity index (χ3n) is 3.54. The van der Waals surface area contributed by atoms with Crippen LogP contribution in [0.15, 0.2) is 30.6 Å². The Hall–Kier alpha value is -2.27. The topological polar surface area (TPSA) is 100 Å². The van der Waals surface area contributed by atoms with Crippen molar-refractivity contribution in [2.75, 3.05) is 6.61 Å². The van der Waals surface area contributed by atoms with Crippen LogP contribution in [-0.4, -0.2) is 32.3 Å². The monoisotopic (exact) mass is 486 g/mol. The summed E-state index contributed by atoms with van der Waals surface area (Å²) in [5, 5.41) is 16.6. The highest BCUT2D eigenvalue weighted by Crippen LogP contribution is 2.28. The maximum Gasteiger partial charge on any atom is 0.342 e.